The van der Waals surface area contributed by atoms with Gasteiger partial charge in [-0.2, -0.15) is 5.10 Å². The minimum Gasteiger partial charge on any atom is -0.453 e. The highest BCUT2D eigenvalue weighted by Crippen LogP contribution is 2.34. The van der Waals surface area contributed by atoms with E-state index in [1.165, 1.54) is 7.11 Å². The van der Waals surface area contributed by atoms with Crippen molar-refractivity contribution in [3.8, 4) is 22.5 Å². The second-order valence-corrected chi connectivity index (χ2v) is 6.83. The number of benzene rings is 2. The number of nitrogens with one attached hydrogen (secondary N) is 2. The maximum atomic E-state index is 11.4. The van der Waals surface area contributed by atoms with E-state index in [-0.39, 0.29) is 0 Å². The SMILES string of the molecule is COC(=O)Nc1cccc(-c2ccc3c(-c4ccc(Cl)cc4Cl)[nH]nc3n2)c1. The molecule has 1 amide bonds. The van der Waals surface area contributed by atoms with E-state index < -0.39 is 6.09 Å². The molecule has 2 heterocycles. The number of hydrogen-bond donors (Lipinski definition) is 2. The van der Waals surface area contributed by atoms with Crippen molar-refractivity contribution in [3.63, 3.8) is 0 Å². The van der Waals surface area contributed by atoms with Gasteiger partial charge >= 0.3 is 6.09 Å². The van der Waals surface area contributed by atoms with Crippen LogP contribution < -0.4 is 5.32 Å². The van der Waals surface area contributed by atoms with Gasteiger partial charge in [0.05, 0.1) is 23.5 Å². The quantitative estimate of drug-likeness (QED) is 0.446. The molecule has 4 rings (SSSR count). The number of anilines is 1. The number of hydrogen-bond acceptors (Lipinski definition) is 4. The summed E-state index contributed by atoms with van der Waals surface area (Å²) >= 11 is 12.3. The number of ether oxygens (including phenoxy) is 1. The molecule has 0 bridgehead atoms. The smallest absolute Gasteiger partial charge is 0.411 e. The highest BCUT2D eigenvalue weighted by atomic mass is 35.5. The number of pyridine rings is 1. The van der Waals surface area contributed by atoms with Crippen LogP contribution in [-0.4, -0.2) is 28.4 Å². The number of aromatic nitrogens is 3. The molecule has 8 heteroatoms. The van der Waals surface area contributed by atoms with Gasteiger partial charge in [-0.15, -0.1) is 0 Å². The van der Waals surface area contributed by atoms with Crippen molar-refractivity contribution >= 4 is 46.0 Å². The van der Waals surface area contributed by atoms with Crippen LogP contribution >= 0.6 is 23.2 Å². The number of carbonyl (C=O) groups excluding carboxylic acids is 1. The van der Waals surface area contributed by atoms with E-state index in [2.05, 4.69) is 25.2 Å². The predicted molar refractivity (Wildman–Crippen MR) is 111 cm³/mol. The zero-order valence-electron chi connectivity index (χ0n) is 14.7. The first-order valence-corrected chi connectivity index (χ1v) is 9.06. The highest BCUT2D eigenvalue weighted by molar-refractivity contribution is 6.36. The van der Waals surface area contributed by atoms with Gasteiger partial charge in [0.1, 0.15) is 0 Å². The summed E-state index contributed by atoms with van der Waals surface area (Å²) in [5.74, 6) is 0. The summed E-state index contributed by atoms with van der Waals surface area (Å²) in [7, 11) is 1.32. The average Bonchev–Trinajstić information content (AvgIpc) is 3.11. The molecule has 0 spiro atoms. The fourth-order valence-electron chi connectivity index (χ4n) is 2.88. The predicted octanol–water partition coefficient (Wildman–Crippen LogP) is 5.78. The summed E-state index contributed by atoms with van der Waals surface area (Å²) in [4.78, 5) is 16.0. The number of H-pyrrole nitrogens is 1. The molecule has 0 saturated heterocycles. The maximum Gasteiger partial charge on any atom is 0.411 e. The van der Waals surface area contributed by atoms with Gasteiger partial charge in [-0.1, -0.05) is 35.3 Å². The molecule has 0 aliphatic heterocycles. The number of carbonyl (C=O) groups is 1. The zero-order valence-corrected chi connectivity index (χ0v) is 16.2. The van der Waals surface area contributed by atoms with Crippen LogP contribution in [0.15, 0.2) is 54.6 Å². The Labute approximate surface area is 170 Å². The first-order valence-electron chi connectivity index (χ1n) is 8.31. The maximum absolute atomic E-state index is 11.4. The van der Waals surface area contributed by atoms with Crippen LogP contribution in [0.4, 0.5) is 10.5 Å². The Hall–Kier alpha value is -3.09. The second-order valence-electron chi connectivity index (χ2n) is 5.99. The highest BCUT2D eigenvalue weighted by Gasteiger charge is 2.13. The minimum atomic E-state index is -0.530. The van der Waals surface area contributed by atoms with Crippen molar-refractivity contribution in [1.82, 2.24) is 15.2 Å². The number of nitrogens with zero attached hydrogens (tertiary/aromatic N) is 2. The first-order chi connectivity index (χ1) is 13.5. The lowest BCUT2D eigenvalue weighted by molar-refractivity contribution is 0.187. The monoisotopic (exact) mass is 412 g/mol. The molecule has 0 unspecified atom stereocenters. The number of fused-ring (bicyclic) bond motifs is 1. The number of rotatable bonds is 3. The third kappa shape index (κ3) is 3.52. The number of halogens is 2. The van der Waals surface area contributed by atoms with Gasteiger partial charge in [0.2, 0.25) is 0 Å². The lowest BCUT2D eigenvalue weighted by Gasteiger charge is -2.06. The molecule has 0 atom stereocenters. The van der Waals surface area contributed by atoms with E-state index in [1.807, 2.05) is 36.4 Å². The topological polar surface area (TPSA) is 79.9 Å². The number of methoxy groups -OCH3 is 1. The Morgan fingerprint density at radius 2 is 1.96 bits per heavy atom. The minimum absolute atomic E-state index is 0.530. The van der Waals surface area contributed by atoms with Gasteiger partial charge in [-0.05, 0) is 42.5 Å². The van der Waals surface area contributed by atoms with Crippen LogP contribution in [0.3, 0.4) is 0 Å². The Morgan fingerprint density at radius 1 is 1.11 bits per heavy atom. The normalized spacial score (nSPS) is 10.8. The van der Waals surface area contributed by atoms with Gasteiger partial charge in [0, 0.05) is 27.2 Å². The zero-order chi connectivity index (χ0) is 19.7. The summed E-state index contributed by atoms with van der Waals surface area (Å²) in [5, 5.41) is 11.9. The standard InChI is InChI=1S/C20H14Cl2N4O2/c1-28-20(27)23-13-4-2-3-11(9-13)17-8-7-15-18(25-26-19(15)24-17)14-6-5-12(21)10-16(14)22/h2-10H,1H3,(H,23,27)(H,24,25,26). The molecule has 2 aromatic carbocycles. The molecule has 140 valence electrons. The van der Waals surface area contributed by atoms with E-state index in [0.717, 1.165) is 27.9 Å². The van der Waals surface area contributed by atoms with Crippen molar-refractivity contribution in [3.05, 3.63) is 64.6 Å². The molecule has 0 aliphatic rings. The fraction of sp³-hybridized carbons (Fsp3) is 0.0500. The van der Waals surface area contributed by atoms with Crippen LogP contribution in [0, 0.1) is 0 Å². The van der Waals surface area contributed by atoms with Crippen molar-refractivity contribution in [2.24, 2.45) is 0 Å². The van der Waals surface area contributed by atoms with Crippen molar-refractivity contribution in [1.29, 1.82) is 0 Å². The molecule has 0 fully saturated rings. The van der Waals surface area contributed by atoms with E-state index in [0.29, 0.717) is 21.4 Å². The summed E-state index contributed by atoms with van der Waals surface area (Å²) in [6.45, 7) is 0. The summed E-state index contributed by atoms with van der Waals surface area (Å²) in [6.07, 6.45) is -0.530. The van der Waals surface area contributed by atoms with E-state index in [4.69, 9.17) is 23.2 Å². The Morgan fingerprint density at radius 3 is 2.75 bits per heavy atom. The lowest BCUT2D eigenvalue weighted by Crippen LogP contribution is -2.10. The Balaban J connectivity index is 1.72. The molecular weight excluding hydrogens is 399 g/mol. The Kier molecular flexibility index (Phi) is 4.90. The van der Waals surface area contributed by atoms with Gasteiger partial charge < -0.3 is 4.74 Å². The molecule has 0 aliphatic carbocycles. The fourth-order valence-corrected chi connectivity index (χ4v) is 3.38. The van der Waals surface area contributed by atoms with E-state index >= 15 is 0 Å². The number of amides is 1. The van der Waals surface area contributed by atoms with Gasteiger partial charge in [0.15, 0.2) is 5.65 Å². The summed E-state index contributed by atoms with van der Waals surface area (Å²) in [6, 6.07) is 16.4. The van der Waals surface area contributed by atoms with Crippen LogP contribution in [0.5, 0.6) is 0 Å². The van der Waals surface area contributed by atoms with Crippen LogP contribution in [0.1, 0.15) is 0 Å². The van der Waals surface area contributed by atoms with Crippen molar-refractivity contribution in [2.75, 3.05) is 12.4 Å². The first kappa shape index (κ1) is 18.3. The number of aromatic amines is 1. The summed E-state index contributed by atoms with van der Waals surface area (Å²) in [5.41, 5.74) is 4.31. The molecule has 28 heavy (non-hydrogen) atoms. The largest absolute Gasteiger partial charge is 0.453 e. The van der Waals surface area contributed by atoms with Crippen molar-refractivity contribution in [2.45, 2.75) is 0 Å². The molecule has 6 nitrogen and oxygen atoms in total. The Bertz CT molecular complexity index is 1190. The van der Waals surface area contributed by atoms with E-state index in [1.54, 1.807) is 18.2 Å². The molecule has 2 N–H and O–H groups in total. The van der Waals surface area contributed by atoms with E-state index in [9.17, 15) is 4.79 Å². The molecule has 4 aromatic rings. The molecular formula is C20H14Cl2N4O2. The third-order valence-electron chi connectivity index (χ3n) is 4.21. The van der Waals surface area contributed by atoms with Crippen LogP contribution in [0.2, 0.25) is 10.0 Å². The van der Waals surface area contributed by atoms with Gasteiger partial charge in [0.25, 0.3) is 0 Å². The molecule has 0 radical (unpaired) electrons. The van der Waals surface area contributed by atoms with Crippen molar-refractivity contribution < 1.29 is 9.53 Å². The third-order valence-corrected chi connectivity index (χ3v) is 4.76. The van der Waals surface area contributed by atoms with Crippen LogP contribution in [0.25, 0.3) is 33.5 Å². The van der Waals surface area contributed by atoms with Gasteiger partial charge in [-0.25, -0.2) is 9.78 Å². The second kappa shape index (κ2) is 7.50. The molecule has 2 aromatic heterocycles. The molecule has 0 saturated carbocycles. The van der Waals surface area contributed by atoms with Gasteiger partial charge in [-0.3, -0.25) is 10.4 Å². The summed E-state index contributed by atoms with van der Waals surface area (Å²) < 4.78 is 4.62. The van der Waals surface area contributed by atoms with Crippen LogP contribution in [-0.2, 0) is 4.74 Å². The lowest BCUT2D eigenvalue weighted by atomic mass is 10.1. The average molecular weight is 413 g/mol.